The number of nitrogens with zero attached hydrogens (tertiary/aromatic N) is 1. The number of hydrogen-bond acceptors (Lipinski definition) is 4. The lowest BCUT2D eigenvalue weighted by Crippen LogP contribution is -2.54. The van der Waals surface area contributed by atoms with Gasteiger partial charge in [0.25, 0.3) is 0 Å². The molecule has 0 aliphatic carbocycles. The molecule has 1 heterocycles. The molecule has 1 saturated heterocycles. The fourth-order valence-corrected chi connectivity index (χ4v) is 4.88. The molecule has 1 unspecified atom stereocenters. The zero-order valence-electron chi connectivity index (χ0n) is 21.9. The third kappa shape index (κ3) is 14.7. The van der Waals surface area contributed by atoms with E-state index >= 15 is 0 Å². The molecule has 0 aromatic heterocycles. The molecule has 3 atom stereocenters. The van der Waals surface area contributed by atoms with E-state index in [0.717, 1.165) is 25.7 Å². The van der Waals surface area contributed by atoms with E-state index in [-0.39, 0.29) is 12.1 Å². The van der Waals surface area contributed by atoms with Crippen molar-refractivity contribution in [2.45, 2.75) is 154 Å². The molecule has 0 aromatic rings. The molecule has 192 valence electrons. The standard InChI is InChI=1S/C29H53NO3/c1-4-7-9-11-13-15-17-19-22-26(31)24-30-25-27(33-29(32)28(30)21-6-3)23-20-18-16-14-12-10-8-5-2/h3,26-28,31H,4-5,7-25H2,1-2H3/t26?,27-,28-/m0/s1. The van der Waals surface area contributed by atoms with Crippen molar-refractivity contribution >= 4 is 5.97 Å². The van der Waals surface area contributed by atoms with Crippen LogP contribution in [-0.2, 0) is 9.53 Å². The second kappa shape index (κ2) is 20.3. The number of ether oxygens (including phenoxy) is 1. The number of terminal acetylenes is 1. The quantitative estimate of drug-likeness (QED) is 0.113. The highest BCUT2D eigenvalue weighted by Gasteiger charge is 2.36. The van der Waals surface area contributed by atoms with Gasteiger partial charge in [-0.25, -0.2) is 0 Å². The maximum atomic E-state index is 12.6. The van der Waals surface area contributed by atoms with Crippen LogP contribution in [0.4, 0.5) is 0 Å². The fraction of sp³-hybridized carbons (Fsp3) is 0.897. The molecule has 1 fully saturated rings. The summed E-state index contributed by atoms with van der Waals surface area (Å²) < 4.78 is 5.72. The van der Waals surface area contributed by atoms with Crippen molar-refractivity contribution in [2.24, 2.45) is 0 Å². The van der Waals surface area contributed by atoms with Crippen LogP contribution in [0.15, 0.2) is 0 Å². The molecule has 1 aliphatic heterocycles. The van der Waals surface area contributed by atoms with E-state index in [4.69, 9.17) is 11.2 Å². The summed E-state index contributed by atoms with van der Waals surface area (Å²) in [5, 5.41) is 10.6. The minimum atomic E-state index is -0.405. The summed E-state index contributed by atoms with van der Waals surface area (Å²) in [5.74, 6) is 2.42. The van der Waals surface area contributed by atoms with Crippen LogP contribution < -0.4 is 0 Å². The van der Waals surface area contributed by atoms with Gasteiger partial charge < -0.3 is 9.84 Å². The van der Waals surface area contributed by atoms with Crippen molar-refractivity contribution < 1.29 is 14.6 Å². The van der Waals surface area contributed by atoms with Gasteiger partial charge in [-0.05, 0) is 19.3 Å². The highest BCUT2D eigenvalue weighted by molar-refractivity contribution is 5.77. The van der Waals surface area contributed by atoms with Crippen LogP contribution in [0.2, 0.25) is 0 Å². The first-order chi connectivity index (χ1) is 16.1. The first-order valence-corrected chi connectivity index (χ1v) is 14.2. The summed E-state index contributed by atoms with van der Waals surface area (Å²) >= 11 is 0. The molecule has 0 amide bonds. The molecule has 1 rings (SSSR count). The summed E-state index contributed by atoms with van der Waals surface area (Å²) in [6.07, 6.45) is 27.4. The summed E-state index contributed by atoms with van der Waals surface area (Å²) in [4.78, 5) is 14.7. The van der Waals surface area contributed by atoms with E-state index in [1.165, 1.54) is 89.9 Å². The Morgan fingerprint density at radius 3 is 1.97 bits per heavy atom. The van der Waals surface area contributed by atoms with E-state index in [2.05, 4.69) is 24.7 Å². The topological polar surface area (TPSA) is 49.8 Å². The van der Waals surface area contributed by atoms with Gasteiger partial charge >= 0.3 is 5.97 Å². The Kier molecular flexibility index (Phi) is 18.5. The molecule has 0 saturated carbocycles. The lowest BCUT2D eigenvalue weighted by Gasteiger charge is -2.38. The van der Waals surface area contributed by atoms with Gasteiger partial charge in [0.05, 0.1) is 6.10 Å². The van der Waals surface area contributed by atoms with Gasteiger partial charge in [-0.15, -0.1) is 12.3 Å². The average Bonchev–Trinajstić information content (AvgIpc) is 2.79. The number of rotatable bonds is 21. The van der Waals surface area contributed by atoms with E-state index < -0.39 is 12.1 Å². The van der Waals surface area contributed by atoms with Crippen LogP contribution in [0.25, 0.3) is 0 Å². The molecule has 0 radical (unpaired) electrons. The van der Waals surface area contributed by atoms with Gasteiger partial charge in [-0.2, -0.15) is 0 Å². The Bertz CT molecular complexity index is 513. The largest absolute Gasteiger partial charge is 0.460 e. The van der Waals surface area contributed by atoms with E-state index in [1.807, 2.05) is 0 Å². The SMILES string of the molecule is C#CC[C@H]1C(=O)O[C@@H](CCCCCCCCCC)CN1CC(O)CCCCCCCCCC. The summed E-state index contributed by atoms with van der Waals surface area (Å²) in [6.45, 7) is 5.71. The Morgan fingerprint density at radius 2 is 1.42 bits per heavy atom. The summed E-state index contributed by atoms with van der Waals surface area (Å²) in [6, 6.07) is -0.405. The van der Waals surface area contributed by atoms with Crippen LogP contribution in [0.1, 0.15) is 136 Å². The van der Waals surface area contributed by atoms with Crippen LogP contribution >= 0.6 is 0 Å². The third-order valence-electron chi connectivity index (χ3n) is 6.96. The highest BCUT2D eigenvalue weighted by Crippen LogP contribution is 2.22. The van der Waals surface area contributed by atoms with Crippen molar-refractivity contribution in [3.63, 3.8) is 0 Å². The average molecular weight is 464 g/mol. The van der Waals surface area contributed by atoms with Gasteiger partial charge in [-0.3, -0.25) is 9.69 Å². The number of unbranched alkanes of at least 4 members (excludes halogenated alkanes) is 14. The van der Waals surface area contributed by atoms with Crippen molar-refractivity contribution in [1.82, 2.24) is 4.90 Å². The number of carbonyl (C=O) groups is 1. The molecule has 0 spiro atoms. The monoisotopic (exact) mass is 463 g/mol. The maximum absolute atomic E-state index is 12.6. The number of aliphatic hydroxyl groups is 1. The molecule has 0 bridgehead atoms. The Morgan fingerprint density at radius 1 is 0.909 bits per heavy atom. The van der Waals surface area contributed by atoms with Gasteiger partial charge in [0.1, 0.15) is 12.1 Å². The Labute approximate surface area is 205 Å². The van der Waals surface area contributed by atoms with E-state index in [9.17, 15) is 9.90 Å². The summed E-state index contributed by atoms with van der Waals surface area (Å²) in [5.41, 5.74) is 0. The van der Waals surface area contributed by atoms with Crippen LogP contribution in [-0.4, -0.2) is 47.3 Å². The van der Waals surface area contributed by atoms with Crippen LogP contribution in [0, 0.1) is 12.3 Å². The lowest BCUT2D eigenvalue weighted by atomic mass is 10.0. The minimum Gasteiger partial charge on any atom is -0.460 e. The predicted molar refractivity (Wildman–Crippen MR) is 139 cm³/mol. The van der Waals surface area contributed by atoms with Gasteiger partial charge in [0.2, 0.25) is 0 Å². The maximum Gasteiger partial charge on any atom is 0.324 e. The predicted octanol–water partition coefficient (Wildman–Crippen LogP) is 7.03. The Hall–Kier alpha value is -1.05. The molecular formula is C29H53NO3. The first kappa shape index (κ1) is 30.0. The lowest BCUT2D eigenvalue weighted by molar-refractivity contribution is -0.167. The molecule has 0 aromatic carbocycles. The van der Waals surface area contributed by atoms with Gasteiger partial charge in [0, 0.05) is 19.5 Å². The fourth-order valence-electron chi connectivity index (χ4n) is 4.88. The second-order valence-electron chi connectivity index (χ2n) is 10.1. The number of aliphatic hydroxyl groups excluding tert-OH is 1. The number of carbonyl (C=O) groups excluding carboxylic acids is 1. The zero-order valence-corrected chi connectivity index (χ0v) is 21.9. The number of hydrogen-bond donors (Lipinski definition) is 1. The second-order valence-corrected chi connectivity index (χ2v) is 10.1. The number of β-amino-alcohol motifs (C(OH)–C–C–N with tert-alkyl or cyclic N) is 1. The van der Waals surface area contributed by atoms with Crippen LogP contribution in [0.5, 0.6) is 0 Å². The molecule has 1 N–H and O–H groups in total. The first-order valence-electron chi connectivity index (χ1n) is 14.2. The minimum absolute atomic E-state index is 0.0677. The van der Waals surface area contributed by atoms with Crippen molar-refractivity contribution in [1.29, 1.82) is 0 Å². The highest BCUT2D eigenvalue weighted by atomic mass is 16.5. The van der Waals surface area contributed by atoms with Crippen molar-refractivity contribution in [2.75, 3.05) is 13.1 Å². The van der Waals surface area contributed by atoms with Gasteiger partial charge in [-0.1, -0.05) is 110 Å². The van der Waals surface area contributed by atoms with Crippen LogP contribution in [0.3, 0.4) is 0 Å². The number of esters is 1. The Balaban J connectivity index is 2.30. The molecule has 4 nitrogen and oxygen atoms in total. The molecular weight excluding hydrogens is 410 g/mol. The van der Waals surface area contributed by atoms with Gasteiger partial charge in [0.15, 0.2) is 0 Å². The normalized spacial score (nSPS) is 19.9. The van der Waals surface area contributed by atoms with E-state index in [1.54, 1.807) is 0 Å². The smallest absolute Gasteiger partial charge is 0.324 e. The van der Waals surface area contributed by atoms with Crippen molar-refractivity contribution in [3.8, 4) is 12.3 Å². The zero-order chi connectivity index (χ0) is 24.2. The number of morpholine rings is 1. The molecule has 1 aliphatic rings. The van der Waals surface area contributed by atoms with Crippen molar-refractivity contribution in [3.05, 3.63) is 0 Å². The summed E-state index contributed by atoms with van der Waals surface area (Å²) in [7, 11) is 0. The number of cyclic esters (lactones) is 1. The van der Waals surface area contributed by atoms with E-state index in [0.29, 0.717) is 19.5 Å². The molecule has 33 heavy (non-hydrogen) atoms. The molecule has 4 heteroatoms. The third-order valence-corrected chi connectivity index (χ3v) is 6.96.